The molecule has 0 atom stereocenters. The van der Waals surface area contributed by atoms with E-state index in [0.717, 1.165) is 51.5 Å². The van der Waals surface area contributed by atoms with Crippen LogP contribution in [0, 0.1) is 5.92 Å². The Morgan fingerprint density at radius 2 is 1.67 bits per heavy atom. The minimum absolute atomic E-state index is 0.0159. The second-order valence-corrected chi connectivity index (χ2v) is 6.85. The predicted molar refractivity (Wildman–Crippen MR) is 103 cm³/mol. The summed E-state index contributed by atoms with van der Waals surface area (Å²) < 4.78 is 6.11. The maximum atomic E-state index is 11.4. The van der Waals surface area contributed by atoms with Crippen LogP contribution >= 0.6 is 0 Å². The van der Waals surface area contributed by atoms with E-state index in [4.69, 9.17) is 4.74 Å². The highest BCUT2D eigenvalue weighted by Crippen LogP contribution is 2.30. The lowest BCUT2D eigenvalue weighted by atomic mass is 9.89. The van der Waals surface area contributed by atoms with Crippen molar-refractivity contribution in [1.82, 2.24) is 9.80 Å². The molecule has 0 unspecified atom stereocenters. The molecular formula is C20H42N2O2. The Hall–Kier alpha value is -0.610. The first-order valence-corrected chi connectivity index (χ1v) is 10.1. The summed E-state index contributed by atoms with van der Waals surface area (Å²) in [6.45, 7) is 20.1. The fourth-order valence-corrected chi connectivity index (χ4v) is 3.37. The van der Waals surface area contributed by atoms with Gasteiger partial charge in [0.15, 0.2) is 0 Å². The van der Waals surface area contributed by atoms with Crippen molar-refractivity contribution in [2.45, 2.75) is 79.8 Å². The molecule has 1 amide bonds. The Morgan fingerprint density at radius 1 is 1.08 bits per heavy atom. The molecule has 0 aromatic carbocycles. The number of rotatable bonds is 4. The number of hydrogen-bond acceptors (Lipinski definition) is 3. The molecule has 2 fully saturated rings. The molecule has 2 saturated heterocycles. The topological polar surface area (TPSA) is 32.8 Å². The van der Waals surface area contributed by atoms with E-state index in [1.165, 1.54) is 19.4 Å². The summed E-state index contributed by atoms with van der Waals surface area (Å²) in [6, 6.07) is 0. The molecule has 2 heterocycles. The Morgan fingerprint density at radius 3 is 2.17 bits per heavy atom. The SMILES string of the molecule is CC.CC.CC(=O)N1CCC2(CC1)CN(CCCC(C)C)CCO2. The molecule has 24 heavy (non-hydrogen) atoms. The second-order valence-electron chi connectivity index (χ2n) is 6.85. The molecule has 0 N–H and O–H groups in total. The molecule has 0 aromatic heterocycles. The molecule has 4 nitrogen and oxygen atoms in total. The minimum Gasteiger partial charge on any atom is -0.372 e. The van der Waals surface area contributed by atoms with Gasteiger partial charge in [-0.3, -0.25) is 9.69 Å². The highest BCUT2D eigenvalue weighted by atomic mass is 16.5. The first-order chi connectivity index (χ1) is 11.5. The number of likely N-dealkylation sites (tertiary alicyclic amines) is 1. The largest absolute Gasteiger partial charge is 0.372 e. The number of carbonyl (C=O) groups excluding carboxylic acids is 1. The summed E-state index contributed by atoms with van der Waals surface area (Å²) in [4.78, 5) is 15.9. The van der Waals surface area contributed by atoms with Gasteiger partial charge >= 0.3 is 0 Å². The summed E-state index contributed by atoms with van der Waals surface area (Å²) in [6.07, 6.45) is 4.58. The van der Waals surface area contributed by atoms with E-state index in [2.05, 4.69) is 18.7 Å². The molecule has 144 valence electrons. The summed E-state index contributed by atoms with van der Waals surface area (Å²) in [5.41, 5.74) is 0.0159. The molecule has 1 spiro atoms. The van der Waals surface area contributed by atoms with E-state index in [-0.39, 0.29) is 11.5 Å². The van der Waals surface area contributed by atoms with Gasteiger partial charge < -0.3 is 9.64 Å². The van der Waals surface area contributed by atoms with Crippen molar-refractivity contribution in [2.24, 2.45) is 5.92 Å². The quantitative estimate of drug-likeness (QED) is 0.768. The molecule has 2 rings (SSSR count). The van der Waals surface area contributed by atoms with Crippen LogP contribution in [-0.4, -0.2) is 60.6 Å². The molecule has 0 radical (unpaired) electrons. The highest BCUT2D eigenvalue weighted by molar-refractivity contribution is 5.73. The van der Waals surface area contributed by atoms with Gasteiger partial charge in [-0.25, -0.2) is 0 Å². The van der Waals surface area contributed by atoms with Gasteiger partial charge in [0.05, 0.1) is 12.2 Å². The minimum atomic E-state index is 0.0159. The second kappa shape index (κ2) is 12.7. The Bertz CT molecular complexity index is 324. The van der Waals surface area contributed by atoms with Gasteiger partial charge in [0.25, 0.3) is 0 Å². The van der Waals surface area contributed by atoms with Crippen LogP contribution in [0.25, 0.3) is 0 Å². The van der Waals surface area contributed by atoms with Gasteiger partial charge in [-0.1, -0.05) is 41.5 Å². The zero-order valence-electron chi connectivity index (χ0n) is 17.4. The van der Waals surface area contributed by atoms with Crippen molar-refractivity contribution in [3.63, 3.8) is 0 Å². The van der Waals surface area contributed by atoms with E-state index in [1.807, 2.05) is 32.6 Å². The third kappa shape index (κ3) is 7.98. The number of morpholine rings is 1. The molecule has 2 aliphatic heterocycles. The fraction of sp³-hybridized carbons (Fsp3) is 0.950. The van der Waals surface area contributed by atoms with Gasteiger partial charge in [0.1, 0.15) is 0 Å². The lowest BCUT2D eigenvalue weighted by Crippen LogP contribution is -2.57. The van der Waals surface area contributed by atoms with Gasteiger partial charge in [-0.15, -0.1) is 0 Å². The van der Waals surface area contributed by atoms with Crippen LogP contribution in [0.5, 0.6) is 0 Å². The molecule has 0 bridgehead atoms. The summed E-state index contributed by atoms with van der Waals surface area (Å²) in [7, 11) is 0. The maximum absolute atomic E-state index is 11.4. The third-order valence-electron chi connectivity index (χ3n) is 4.70. The molecule has 0 saturated carbocycles. The average Bonchev–Trinajstić information content (AvgIpc) is 2.59. The van der Waals surface area contributed by atoms with Crippen LogP contribution < -0.4 is 0 Å². The highest BCUT2D eigenvalue weighted by Gasteiger charge is 2.39. The number of amides is 1. The molecular weight excluding hydrogens is 300 g/mol. The average molecular weight is 343 g/mol. The number of carbonyl (C=O) groups is 1. The van der Waals surface area contributed by atoms with Crippen molar-refractivity contribution in [1.29, 1.82) is 0 Å². The zero-order chi connectivity index (χ0) is 18.6. The van der Waals surface area contributed by atoms with E-state index >= 15 is 0 Å². The Labute approximate surface area is 150 Å². The van der Waals surface area contributed by atoms with E-state index < -0.39 is 0 Å². The van der Waals surface area contributed by atoms with Crippen molar-refractivity contribution < 1.29 is 9.53 Å². The normalized spacial score (nSPS) is 20.1. The van der Waals surface area contributed by atoms with Gasteiger partial charge in [-0.05, 0) is 38.1 Å². The Balaban J connectivity index is 0.00000123. The van der Waals surface area contributed by atoms with E-state index in [9.17, 15) is 4.79 Å². The number of hydrogen-bond donors (Lipinski definition) is 0. The van der Waals surface area contributed by atoms with Crippen LogP contribution in [0.15, 0.2) is 0 Å². The molecule has 2 aliphatic rings. The zero-order valence-corrected chi connectivity index (χ0v) is 17.4. The van der Waals surface area contributed by atoms with E-state index in [1.54, 1.807) is 6.92 Å². The van der Waals surface area contributed by atoms with Crippen LogP contribution in [-0.2, 0) is 9.53 Å². The maximum Gasteiger partial charge on any atom is 0.219 e. The van der Waals surface area contributed by atoms with Crippen LogP contribution in [0.1, 0.15) is 74.1 Å². The molecule has 0 aliphatic carbocycles. The first-order valence-electron chi connectivity index (χ1n) is 10.1. The lowest BCUT2D eigenvalue weighted by molar-refractivity contribution is -0.149. The van der Waals surface area contributed by atoms with Gasteiger partial charge in [0.2, 0.25) is 5.91 Å². The number of ether oxygens (including phenoxy) is 1. The molecule has 4 heteroatoms. The summed E-state index contributed by atoms with van der Waals surface area (Å²) in [5, 5.41) is 0. The molecule has 0 aromatic rings. The Kier molecular flexibility index (Phi) is 12.4. The van der Waals surface area contributed by atoms with Gasteiger partial charge in [-0.2, -0.15) is 0 Å². The summed E-state index contributed by atoms with van der Waals surface area (Å²) in [5.74, 6) is 0.994. The van der Waals surface area contributed by atoms with Crippen molar-refractivity contribution in [2.75, 3.05) is 39.3 Å². The van der Waals surface area contributed by atoms with Crippen molar-refractivity contribution >= 4 is 5.91 Å². The lowest BCUT2D eigenvalue weighted by Gasteiger charge is -2.47. The fourth-order valence-electron chi connectivity index (χ4n) is 3.37. The standard InChI is InChI=1S/C16H30N2O2.2C2H6/c1-14(2)5-4-8-17-11-12-20-16(13-17)6-9-18(10-7-16)15(3)19;2*1-2/h14H,4-13H2,1-3H3;2*1-2H3. The predicted octanol–water partition coefficient (Wildman–Crippen LogP) is 4.19. The van der Waals surface area contributed by atoms with Crippen molar-refractivity contribution in [3.8, 4) is 0 Å². The third-order valence-corrected chi connectivity index (χ3v) is 4.70. The van der Waals surface area contributed by atoms with E-state index in [0.29, 0.717) is 0 Å². The van der Waals surface area contributed by atoms with Crippen LogP contribution in [0.3, 0.4) is 0 Å². The summed E-state index contributed by atoms with van der Waals surface area (Å²) >= 11 is 0. The monoisotopic (exact) mass is 342 g/mol. The van der Waals surface area contributed by atoms with Crippen LogP contribution in [0.4, 0.5) is 0 Å². The number of nitrogens with zero attached hydrogens (tertiary/aromatic N) is 2. The van der Waals surface area contributed by atoms with Crippen molar-refractivity contribution in [3.05, 3.63) is 0 Å². The van der Waals surface area contributed by atoms with Gasteiger partial charge in [0, 0.05) is 33.1 Å². The van der Waals surface area contributed by atoms with Crippen LogP contribution in [0.2, 0.25) is 0 Å². The number of piperidine rings is 1. The smallest absolute Gasteiger partial charge is 0.219 e. The first kappa shape index (κ1) is 23.4.